The maximum absolute atomic E-state index is 12.3. The van der Waals surface area contributed by atoms with Crippen LogP contribution < -0.4 is 5.48 Å². The first-order valence-corrected chi connectivity index (χ1v) is 8.35. The van der Waals surface area contributed by atoms with Gasteiger partial charge in [-0.1, -0.05) is 27.2 Å². The summed E-state index contributed by atoms with van der Waals surface area (Å²) >= 11 is 0. The predicted molar refractivity (Wildman–Crippen MR) is 86.1 cm³/mol. The number of hydroxylamine groups is 1. The van der Waals surface area contributed by atoms with Crippen molar-refractivity contribution < 1.29 is 14.4 Å². The lowest BCUT2D eigenvalue weighted by molar-refractivity contribution is -0.134. The summed E-state index contributed by atoms with van der Waals surface area (Å²) in [5.74, 6) is 0.633. The molecule has 128 valence electrons. The highest BCUT2D eigenvalue weighted by Crippen LogP contribution is 2.12. The minimum absolute atomic E-state index is 0.141. The smallest absolute Gasteiger partial charge is 0.222 e. The van der Waals surface area contributed by atoms with E-state index in [1.54, 1.807) is 7.05 Å². The van der Waals surface area contributed by atoms with E-state index < -0.39 is 0 Å². The number of carbonyl (C=O) groups excluding carboxylic acids is 2. The van der Waals surface area contributed by atoms with Crippen LogP contribution in [0.1, 0.15) is 46.5 Å². The van der Waals surface area contributed by atoms with Crippen LogP contribution in [0.4, 0.5) is 0 Å². The van der Waals surface area contributed by atoms with Crippen molar-refractivity contribution in [1.82, 2.24) is 15.3 Å². The van der Waals surface area contributed by atoms with Crippen molar-refractivity contribution in [3.8, 4) is 0 Å². The van der Waals surface area contributed by atoms with Gasteiger partial charge in [0.2, 0.25) is 11.8 Å². The molecule has 0 bridgehead atoms. The summed E-state index contributed by atoms with van der Waals surface area (Å²) in [4.78, 5) is 33.7. The van der Waals surface area contributed by atoms with Gasteiger partial charge in [-0.15, -0.1) is 0 Å². The first-order chi connectivity index (χ1) is 10.5. The molecule has 1 aliphatic heterocycles. The Kier molecular flexibility index (Phi) is 8.42. The molecule has 1 heterocycles. The third-order valence-electron chi connectivity index (χ3n) is 3.80. The summed E-state index contributed by atoms with van der Waals surface area (Å²) in [5.41, 5.74) is 2.69. The summed E-state index contributed by atoms with van der Waals surface area (Å²) < 4.78 is 0. The van der Waals surface area contributed by atoms with Gasteiger partial charge in [-0.2, -0.15) is 0 Å². The van der Waals surface area contributed by atoms with Crippen LogP contribution in [-0.2, 0) is 14.4 Å². The van der Waals surface area contributed by atoms with Crippen molar-refractivity contribution in [2.24, 2.45) is 5.92 Å². The lowest BCUT2D eigenvalue weighted by Gasteiger charge is -2.24. The summed E-state index contributed by atoms with van der Waals surface area (Å²) in [6.07, 6.45) is 2.84. The average Bonchev–Trinajstić information content (AvgIpc) is 2.67. The van der Waals surface area contributed by atoms with Crippen LogP contribution in [0.3, 0.4) is 0 Å². The SMILES string of the molecule is CCCCC(=O)N1CCN(C(=O)CC(C)C)CC(ONC)C1. The largest absolute Gasteiger partial charge is 0.338 e. The van der Waals surface area contributed by atoms with Gasteiger partial charge in [0, 0.05) is 33.0 Å². The van der Waals surface area contributed by atoms with E-state index in [4.69, 9.17) is 4.84 Å². The highest BCUT2D eigenvalue weighted by Gasteiger charge is 2.28. The molecule has 1 rings (SSSR count). The lowest BCUT2D eigenvalue weighted by Crippen LogP contribution is -2.41. The topological polar surface area (TPSA) is 61.9 Å². The molecular weight excluding hydrogens is 282 g/mol. The van der Waals surface area contributed by atoms with Crippen molar-refractivity contribution in [3.63, 3.8) is 0 Å². The molecular formula is C16H31N3O3. The monoisotopic (exact) mass is 313 g/mol. The molecule has 1 aliphatic rings. The van der Waals surface area contributed by atoms with Gasteiger partial charge in [0.25, 0.3) is 0 Å². The molecule has 6 nitrogen and oxygen atoms in total. The van der Waals surface area contributed by atoms with Gasteiger partial charge >= 0.3 is 0 Å². The van der Waals surface area contributed by atoms with E-state index in [0.29, 0.717) is 44.9 Å². The summed E-state index contributed by atoms with van der Waals surface area (Å²) in [6, 6.07) is 0. The van der Waals surface area contributed by atoms with Gasteiger partial charge in [0.1, 0.15) is 6.10 Å². The Labute approximate surface area is 134 Å². The zero-order valence-electron chi connectivity index (χ0n) is 14.4. The van der Waals surface area contributed by atoms with Crippen molar-refractivity contribution in [2.45, 2.75) is 52.6 Å². The molecule has 0 aliphatic carbocycles. The third-order valence-corrected chi connectivity index (χ3v) is 3.80. The quantitative estimate of drug-likeness (QED) is 0.722. The van der Waals surface area contributed by atoms with Gasteiger partial charge < -0.3 is 9.80 Å². The van der Waals surface area contributed by atoms with Gasteiger partial charge in [0.05, 0.1) is 13.1 Å². The molecule has 0 aromatic rings. The Bertz CT molecular complexity index is 361. The lowest BCUT2D eigenvalue weighted by atomic mass is 10.1. The Hall–Kier alpha value is -1.14. The highest BCUT2D eigenvalue weighted by atomic mass is 16.7. The Balaban J connectivity index is 2.68. The second kappa shape index (κ2) is 9.79. The van der Waals surface area contributed by atoms with E-state index >= 15 is 0 Å². The summed E-state index contributed by atoms with van der Waals surface area (Å²) in [5, 5.41) is 0. The molecule has 0 saturated carbocycles. The second-order valence-electron chi connectivity index (χ2n) is 6.33. The number of hydrogen-bond acceptors (Lipinski definition) is 4. The van der Waals surface area contributed by atoms with Gasteiger partial charge in [-0.25, -0.2) is 5.48 Å². The maximum atomic E-state index is 12.3. The van der Waals surface area contributed by atoms with E-state index in [1.807, 2.05) is 23.6 Å². The Morgan fingerprint density at radius 2 is 1.77 bits per heavy atom. The third kappa shape index (κ3) is 6.32. The minimum Gasteiger partial charge on any atom is -0.338 e. The maximum Gasteiger partial charge on any atom is 0.222 e. The van der Waals surface area contributed by atoms with E-state index in [9.17, 15) is 9.59 Å². The van der Waals surface area contributed by atoms with Crippen LogP contribution in [0.5, 0.6) is 0 Å². The number of nitrogens with zero attached hydrogens (tertiary/aromatic N) is 2. The summed E-state index contributed by atoms with van der Waals surface area (Å²) in [6.45, 7) is 8.41. The van der Waals surface area contributed by atoms with Crippen molar-refractivity contribution in [1.29, 1.82) is 0 Å². The second-order valence-corrected chi connectivity index (χ2v) is 6.33. The van der Waals surface area contributed by atoms with Crippen LogP contribution in [0.2, 0.25) is 0 Å². The minimum atomic E-state index is -0.186. The molecule has 0 radical (unpaired) electrons. The molecule has 1 N–H and O–H groups in total. The van der Waals surface area contributed by atoms with Crippen molar-refractivity contribution >= 4 is 11.8 Å². The van der Waals surface area contributed by atoms with Crippen molar-refractivity contribution in [3.05, 3.63) is 0 Å². The molecule has 22 heavy (non-hydrogen) atoms. The van der Waals surface area contributed by atoms with E-state index in [0.717, 1.165) is 12.8 Å². The van der Waals surface area contributed by atoms with Crippen LogP contribution >= 0.6 is 0 Å². The number of hydrogen-bond donors (Lipinski definition) is 1. The number of rotatable bonds is 7. The molecule has 1 atom stereocenters. The van der Waals surface area contributed by atoms with E-state index in [-0.39, 0.29) is 17.9 Å². The zero-order valence-corrected chi connectivity index (χ0v) is 14.4. The molecule has 6 heteroatoms. The fraction of sp³-hybridized carbons (Fsp3) is 0.875. The van der Waals surface area contributed by atoms with Crippen LogP contribution in [-0.4, -0.2) is 60.9 Å². The molecule has 1 fully saturated rings. The fourth-order valence-corrected chi connectivity index (χ4v) is 2.63. The van der Waals surface area contributed by atoms with Crippen molar-refractivity contribution in [2.75, 3.05) is 33.2 Å². The van der Waals surface area contributed by atoms with Gasteiger partial charge in [0.15, 0.2) is 0 Å². The van der Waals surface area contributed by atoms with E-state index in [1.165, 1.54) is 0 Å². The number of nitrogens with one attached hydrogen (secondary N) is 1. The van der Waals surface area contributed by atoms with Gasteiger partial charge in [-0.3, -0.25) is 14.4 Å². The summed E-state index contributed by atoms with van der Waals surface area (Å²) in [7, 11) is 1.70. The predicted octanol–water partition coefficient (Wildman–Crippen LogP) is 1.41. The fourth-order valence-electron chi connectivity index (χ4n) is 2.63. The molecule has 0 aromatic heterocycles. The van der Waals surface area contributed by atoms with Crippen LogP contribution in [0, 0.1) is 5.92 Å². The average molecular weight is 313 g/mol. The van der Waals surface area contributed by atoms with E-state index in [2.05, 4.69) is 12.4 Å². The number of carbonyl (C=O) groups is 2. The molecule has 0 spiro atoms. The van der Waals surface area contributed by atoms with Crippen LogP contribution in [0.15, 0.2) is 0 Å². The van der Waals surface area contributed by atoms with Crippen LogP contribution in [0.25, 0.3) is 0 Å². The highest BCUT2D eigenvalue weighted by molar-refractivity contribution is 5.78. The molecule has 1 saturated heterocycles. The number of amides is 2. The van der Waals surface area contributed by atoms with Gasteiger partial charge in [-0.05, 0) is 12.3 Å². The first-order valence-electron chi connectivity index (χ1n) is 8.35. The Morgan fingerprint density at radius 3 is 2.27 bits per heavy atom. The molecule has 2 amide bonds. The number of unbranched alkanes of at least 4 members (excludes halogenated alkanes) is 1. The zero-order chi connectivity index (χ0) is 16.5. The Morgan fingerprint density at radius 1 is 1.18 bits per heavy atom. The molecule has 1 unspecified atom stereocenters. The normalized spacial score (nSPS) is 19.4. The standard InChI is InChI=1S/C16H31N3O3/c1-5-6-7-15(20)18-8-9-19(16(21)10-13(2)3)12-14(11-18)22-17-4/h13-14,17H,5-12H2,1-4H3. The molecule has 0 aromatic carbocycles. The first kappa shape index (κ1) is 18.9.